The van der Waals surface area contributed by atoms with Crippen LogP contribution in [0.25, 0.3) is 11.3 Å². The van der Waals surface area contributed by atoms with E-state index in [1.54, 1.807) is 18.1 Å². The van der Waals surface area contributed by atoms with Gasteiger partial charge in [-0.05, 0) is 37.8 Å². The van der Waals surface area contributed by atoms with Gasteiger partial charge in [0.15, 0.2) is 0 Å². The molecule has 2 bridgehead atoms. The van der Waals surface area contributed by atoms with Gasteiger partial charge in [0.2, 0.25) is 0 Å². The summed E-state index contributed by atoms with van der Waals surface area (Å²) in [7, 11) is 1.63. The lowest BCUT2D eigenvalue weighted by Gasteiger charge is -2.52. The Kier molecular flexibility index (Phi) is 3.89. The molecule has 2 atom stereocenters. The zero-order chi connectivity index (χ0) is 18.5. The van der Waals surface area contributed by atoms with Gasteiger partial charge in [0.05, 0.1) is 11.3 Å². The Morgan fingerprint density at radius 1 is 1.31 bits per heavy atom. The van der Waals surface area contributed by atoms with Crippen molar-refractivity contribution in [2.75, 3.05) is 5.32 Å². The summed E-state index contributed by atoms with van der Waals surface area (Å²) in [5.41, 5.74) is -0.805. The molecule has 138 valence electrons. The lowest BCUT2D eigenvalue weighted by molar-refractivity contribution is -0.137. The molecule has 0 radical (unpaired) electrons. The van der Waals surface area contributed by atoms with Crippen molar-refractivity contribution in [3.8, 4) is 11.3 Å². The Balaban J connectivity index is 1.62. The SMILES string of the molecule is Cn1ccc(-c2cc(NC(=O)N3C4CCCC3C4)ncc2C(F)(F)F)n1. The second-order valence-corrected chi connectivity index (χ2v) is 6.80. The van der Waals surface area contributed by atoms with E-state index < -0.39 is 11.7 Å². The number of rotatable bonds is 2. The Labute approximate surface area is 148 Å². The molecule has 4 heterocycles. The van der Waals surface area contributed by atoms with Crippen LogP contribution in [0.3, 0.4) is 0 Å². The van der Waals surface area contributed by atoms with E-state index in [1.807, 2.05) is 0 Å². The van der Waals surface area contributed by atoms with E-state index in [1.165, 1.54) is 16.8 Å². The van der Waals surface area contributed by atoms with Crippen molar-refractivity contribution < 1.29 is 18.0 Å². The number of carbonyl (C=O) groups is 1. The number of fused-ring (bicyclic) bond motifs is 2. The zero-order valence-corrected chi connectivity index (χ0v) is 14.1. The van der Waals surface area contributed by atoms with Gasteiger partial charge in [-0.3, -0.25) is 10.00 Å². The van der Waals surface area contributed by atoms with Crippen molar-refractivity contribution in [1.82, 2.24) is 19.7 Å². The average molecular weight is 365 g/mol. The summed E-state index contributed by atoms with van der Waals surface area (Å²) in [5, 5.41) is 6.69. The number of hydrogen-bond donors (Lipinski definition) is 1. The van der Waals surface area contributed by atoms with Gasteiger partial charge in [-0.15, -0.1) is 0 Å². The minimum atomic E-state index is -4.56. The fraction of sp³-hybridized carbons (Fsp3) is 0.471. The molecule has 1 N–H and O–H groups in total. The molecular weight excluding hydrogens is 347 g/mol. The van der Waals surface area contributed by atoms with Crippen LogP contribution in [0.1, 0.15) is 31.2 Å². The van der Waals surface area contributed by atoms with E-state index in [-0.39, 0.29) is 35.2 Å². The molecule has 0 aliphatic carbocycles. The molecule has 6 nitrogen and oxygen atoms in total. The van der Waals surface area contributed by atoms with Crippen molar-refractivity contribution >= 4 is 11.8 Å². The highest BCUT2D eigenvalue weighted by Crippen LogP contribution is 2.39. The number of amides is 2. The molecule has 26 heavy (non-hydrogen) atoms. The number of aryl methyl sites for hydroxylation is 1. The Morgan fingerprint density at radius 2 is 2.04 bits per heavy atom. The fourth-order valence-corrected chi connectivity index (χ4v) is 3.83. The normalized spacial score (nSPS) is 22.1. The van der Waals surface area contributed by atoms with Gasteiger partial charge in [-0.1, -0.05) is 0 Å². The van der Waals surface area contributed by atoms with Gasteiger partial charge >= 0.3 is 12.2 Å². The molecule has 4 rings (SSSR count). The van der Waals surface area contributed by atoms with Crippen LogP contribution in [0, 0.1) is 0 Å². The molecule has 2 aromatic heterocycles. The quantitative estimate of drug-likeness (QED) is 0.883. The van der Waals surface area contributed by atoms with E-state index >= 15 is 0 Å². The van der Waals surface area contributed by atoms with E-state index in [9.17, 15) is 18.0 Å². The maximum atomic E-state index is 13.3. The van der Waals surface area contributed by atoms with Crippen LogP contribution in [-0.4, -0.2) is 37.8 Å². The van der Waals surface area contributed by atoms with Gasteiger partial charge in [0, 0.05) is 37.1 Å². The van der Waals surface area contributed by atoms with Gasteiger partial charge in [-0.2, -0.15) is 18.3 Å². The molecule has 0 spiro atoms. The van der Waals surface area contributed by atoms with Crippen molar-refractivity contribution in [2.45, 2.75) is 43.9 Å². The summed E-state index contributed by atoms with van der Waals surface area (Å²) in [4.78, 5) is 18.1. The van der Waals surface area contributed by atoms with Gasteiger partial charge in [-0.25, -0.2) is 9.78 Å². The minimum absolute atomic E-state index is 0.0913. The van der Waals surface area contributed by atoms with E-state index in [0.29, 0.717) is 0 Å². The van der Waals surface area contributed by atoms with Crippen molar-refractivity contribution in [2.24, 2.45) is 7.05 Å². The van der Waals surface area contributed by atoms with Crippen LogP contribution in [0.15, 0.2) is 24.5 Å². The van der Waals surface area contributed by atoms with Gasteiger partial charge in [0.25, 0.3) is 0 Å². The number of aromatic nitrogens is 3. The first-order valence-corrected chi connectivity index (χ1v) is 8.49. The van der Waals surface area contributed by atoms with E-state index in [0.717, 1.165) is 31.9 Å². The zero-order valence-electron chi connectivity index (χ0n) is 14.1. The molecule has 0 aromatic carbocycles. The maximum absolute atomic E-state index is 13.3. The molecule has 2 unspecified atom stereocenters. The van der Waals surface area contributed by atoms with E-state index in [4.69, 9.17) is 0 Å². The first-order valence-electron chi connectivity index (χ1n) is 8.49. The predicted molar refractivity (Wildman–Crippen MR) is 88.3 cm³/mol. The Hall–Kier alpha value is -2.58. The first kappa shape index (κ1) is 16.9. The van der Waals surface area contributed by atoms with Gasteiger partial charge in [0.1, 0.15) is 5.82 Å². The van der Waals surface area contributed by atoms with Crippen LogP contribution in [-0.2, 0) is 13.2 Å². The average Bonchev–Trinajstić information content (AvgIpc) is 3.00. The lowest BCUT2D eigenvalue weighted by atomic mass is 9.80. The number of hydrogen-bond acceptors (Lipinski definition) is 3. The first-order chi connectivity index (χ1) is 12.3. The highest BCUT2D eigenvalue weighted by atomic mass is 19.4. The second kappa shape index (κ2) is 6.00. The third kappa shape index (κ3) is 2.91. The van der Waals surface area contributed by atoms with Crippen LogP contribution in [0.2, 0.25) is 0 Å². The number of urea groups is 1. The number of alkyl halides is 3. The molecule has 0 saturated carbocycles. The van der Waals surface area contributed by atoms with Gasteiger partial charge < -0.3 is 4.90 Å². The van der Waals surface area contributed by atoms with Crippen LogP contribution >= 0.6 is 0 Å². The Morgan fingerprint density at radius 3 is 2.62 bits per heavy atom. The third-order valence-electron chi connectivity index (χ3n) is 5.07. The number of carbonyl (C=O) groups excluding carboxylic acids is 1. The number of halogens is 3. The molecule has 2 saturated heterocycles. The molecule has 2 fully saturated rings. The summed E-state index contributed by atoms with van der Waals surface area (Å²) in [5.74, 6) is 0.0913. The number of piperidine rings is 1. The molecule has 2 amide bonds. The van der Waals surface area contributed by atoms with Crippen LogP contribution < -0.4 is 5.32 Å². The summed E-state index contributed by atoms with van der Waals surface area (Å²) < 4.78 is 41.4. The van der Waals surface area contributed by atoms with Crippen LogP contribution in [0.4, 0.5) is 23.8 Å². The Bertz CT molecular complexity index is 833. The molecule has 9 heteroatoms. The predicted octanol–water partition coefficient (Wildman–Crippen LogP) is 3.66. The summed E-state index contributed by atoms with van der Waals surface area (Å²) in [6.07, 6.45) is 1.82. The van der Waals surface area contributed by atoms with Crippen LogP contribution in [0.5, 0.6) is 0 Å². The van der Waals surface area contributed by atoms with Crippen molar-refractivity contribution in [1.29, 1.82) is 0 Å². The number of nitrogens with one attached hydrogen (secondary N) is 1. The maximum Gasteiger partial charge on any atom is 0.418 e. The smallest absolute Gasteiger partial charge is 0.318 e. The molecular formula is C17H18F3N5O. The van der Waals surface area contributed by atoms with E-state index in [2.05, 4.69) is 15.4 Å². The van der Waals surface area contributed by atoms with Crippen molar-refractivity contribution in [3.63, 3.8) is 0 Å². The third-order valence-corrected chi connectivity index (χ3v) is 5.07. The highest BCUT2D eigenvalue weighted by Gasteiger charge is 2.44. The second-order valence-electron chi connectivity index (χ2n) is 6.80. The lowest BCUT2D eigenvalue weighted by Crippen LogP contribution is -2.62. The summed E-state index contributed by atoms with van der Waals surface area (Å²) in [6, 6.07) is 2.90. The fourth-order valence-electron chi connectivity index (χ4n) is 3.83. The van der Waals surface area contributed by atoms with Crippen molar-refractivity contribution in [3.05, 3.63) is 30.1 Å². The molecule has 2 aromatic rings. The highest BCUT2D eigenvalue weighted by molar-refractivity contribution is 5.90. The molecule has 2 aliphatic rings. The number of nitrogens with zero attached hydrogens (tertiary/aromatic N) is 4. The topological polar surface area (TPSA) is 63.1 Å². The summed E-state index contributed by atoms with van der Waals surface area (Å²) >= 11 is 0. The number of pyridine rings is 1. The largest absolute Gasteiger partial charge is 0.418 e. The minimum Gasteiger partial charge on any atom is -0.318 e. The monoisotopic (exact) mass is 365 g/mol. The molecule has 2 aliphatic heterocycles. The summed E-state index contributed by atoms with van der Waals surface area (Å²) in [6.45, 7) is 0. The standard InChI is InChI=1S/C17H18F3N5O/c1-24-6-5-14(23-24)12-8-15(21-9-13(12)17(18,19)20)22-16(26)25-10-3-2-4-11(25)7-10/h5-6,8-11H,2-4,7H2,1H3,(H,21,22,26). The number of anilines is 1.